The zero-order valence-corrected chi connectivity index (χ0v) is 18.9. The number of aromatic nitrogens is 2. The van der Waals surface area contributed by atoms with Crippen LogP contribution in [0, 0.1) is 0 Å². The number of amides is 1. The van der Waals surface area contributed by atoms with Gasteiger partial charge in [-0.05, 0) is 37.1 Å². The second-order valence-electron chi connectivity index (χ2n) is 7.64. The number of carbonyl (C=O) groups excluding carboxylic acids is 2. The summed E-state index contributed by atoms with van der Waals surface area (Å²) >= 11 is 6.30. The topological polar surface area (TPSA) is 84.7 Å². The third-order valence-electron chi connectivity index (χ3n) is 5.53. The molecule has 4 rings (SSSR count). The summed E-state index contributed by atoms with van der Waals surface area (Å²) in [6, 6.07) is 13.3. The first-order valence-corrected chi connectivity index (χ1v) is 11.1. The van der Waals surface area contributed by atoms with E-state index < -0.39 is 17.7 Å². The lowest BCUT2D eigenvalue weighted by Gasteiger charge is -2.25. The van der Waals surface area contributed by atoms with Gasteiger partial charge in [-0.2, -0.15) is 0 Å². The fraction of sp³-hybridized carbons (Fsp3) is 0.240. The van der Waals surface area contributed by atoms with Gasteiger partial charge in [-0.1, -0.05) is 41.9 Å². The number of likely N-dealkylation sites (tertiary alicyclic amines) is 1. The number of halogens is 1. The van der Waals surface area contributed by atoms with Crippen molar-refractivity contribution in [3.8, 4) is 5.75 Å². The largest absolute Gasteiger partial charge is 0.507 e. The van der Waals surface area contributed by atoms with Gasteiger partial charge in [0.15, 0.2) is 0 Å². The third kappa shape index (κ3) is 4.64. The Morgan fingerprint density at radius 1 is 1.15 bits per heavy atom. The number of Topliss-reactive ketones (excluding diaryl/α,β-unsaturated/α-hetero) is 1. The first-order chi connectivity index (χ1) is 16.0. The van der Waals surface area contributed by atoms with E-state index in [1.165, 1.54) is 11.0 Å². The first-order valence-electron chi connectivity index (χ1n) is 10.7. The van der Waals surface area contributed by atoms with Gasteiger partial charge in [0.05, 0.1) is 29.6 Å². The number of rotatable bonds is 8. The van der Waals surface area contributed by atoms with Crippen LogP contribution in [0.15, 0.2) is 72.8 Å². The normalized spacial score (nSPS) is 17.5. The number of nitrogens with zero attached hydrogens (tertiary/aromatic N) is 3. The summed E-state index contributed by atoms with van der Waals surface area (Å²) < 4.78 is 7.36. The van der Waals surface area contributed by atoms with E-state index in [9.17, 15) is 14.7 Å². The van der Waals surface area contributed by atoms with E-state index >= 15 is 0 Å². The summed E-state index contributed by atoms with van der Waals surface area (Å²) in [5.41, 5.74) is 1.15. The van der Waals surface area contributed by atoms with E-state index in [2.05, 4.69) is 4.98 Å². The van der Waals surface area contributed by atoms with E-state index in [-0.39, 0.29) is 11.3 Å². The third-order valence-corrected chi connectivity index (χ3v) is 5.83. The van der Waals surface area contributed by atoms with Crippen LogP contribution in [0.5, 0.6) is 5.75 Å². The summed E-state index contributed by atoms with van der Waals surface area (Å²) in [6.07, 6.45) is 5.87. The second kappa shape index (κ2) is 9.92. The summed E-state index contributed by atoms with van der Waals surface area (Å²) in [5.74, 6) is -1.12. The van der Waals surface area contributed by atoms with Gasteiger partial charge < -0.3 is 19.3 Å². The zero-order valence-electron chi connectivity index (χ0n) is 18.1. The molecule has 0 aliphatic carbocycles. The van der Waals surface area contributed by atoms with Crippen molar-refractivity contribution in [1.82, 2.24) is 14.5 Å². The Balaban J connectivity index is 1.71. The van der Waals surface area contributed by atoms with Crippen LogP contribution >= 0.6 is 11.6 Å². The number of hydrogen-bond acceptors (Lipinski definition) is 5. The van der Waals surface area contributed by atoms with E-state index in [0.29, 0.717) is 42.5 Å². The molecule has 1 amide bonds. The molecule has 170 valence electrons. The van der Waals surface area contributed by atoms with Crippen molar-refractivity contribution in [1.29, 1.82) is 0 Å². The minimum atomic E-state index is -0.714. The van der Waals surface area contributed by atoms with Gasteiger partial charge >= 0.3 is 0 Å². The molecule has 1 aliphatic rings. The van der Waals surface area contributed by atoms with Crippen molar-refractivity contribution in [2.24, 2.45) is 0 Å². The molecule has 0 saturated carbocycles. The molecule has 1 fully saturated rings. The number of carbonyl (C=O) groups is 2. The van der Waals surface area contributed by atoms with Crippen molar-refractivity contribution >= 4 is 29.1 Å². The molecule has 1 atom stereocenters. The minimum Gasteiger partial charge on any atom is -0.507 e. The van der Waals surface area contributed by atoms with Gasteiger partial charge in [0.2, 0.25) is 0 Å². The second-order valence-corrected chi connectivity index (χ2v) is 8.04. The van der Waals surface area contributed by atoms with E-state index in [4.69, 9.17) is 16.3 Å². The van der Waals surface area contributed by atoms with Gasteiger partial charge in [-0.25, -0.2) is 4.98 Å². The number of ether oxygens (including phenoxy) is 1. The van der Waals surface area contributed by atoms with Crippen molar-refractivity contribution in [3.05, 3.63) is 89.0 Å². The van der Waals surface area contributed by atoms with Crippen LogP contribution in [0.2, 0.25) is 5.02 Å². The van der Waals surface area contributed by atoms with Crippen LogP contribution in [0.25, 0.3) is 5.76 Å². The molecule has 2 aromatic carbocycles. The highest BCUT2D eigenvalue weighted by atomic mass is 35.5. The molecule has 7 nitrogen and oxygen atoms in total. The number of ketones is 1. The number of aryl methyl sites for hydroxylation is 1. The Morgan fingerprint density at radius 3 is 2.61 bits per heavy atom. The predicted molar refractivity (Wildman–Crippen MR) is 125 cm³/mol. The highest BCUT2D eigenvalue weighted by Crippen LogP contribution is 2.40. The fourth-order valence-electron chi connectivity index (χ4n) is 4.01. The monoisotopic (exact) mass is 465 g/mol. The summed E-state index contributed by atoms with van der Waals surface area (Å²) in [7, 11) is 0. The van der Waals surface area contributed by atoms with Gasteiger partial charge in [0.25, 0.3) is 11.7 Å². The number of hydrogen-bond donors (Lipinski definition) is 1. The maximum atomic E-state index is 13.1. The van der Waals surface area contributed by atoms with Crippen molar-refractivity contribution in [2.45, 2.75) is 25.9 Å². The summed E-state index contributed by atoms with van der Waals surface area (Å²) in [4.78, 5) is 31.6. The Hall–Kier alpha value is -3.58. The Bertz CT molecular complexity index is 1180. The molecular weight excluding hydrogens is 442 g/mol. The highest BCUT2D eigenvalue weighted by molar-refractivity contribution is 6.46. The van der Waals surface area contributed by atoms with Crippen LogP contribution < -0.4 is 4.74 Å². The maximum Gasteiger partial charge on any atom is 0.295 e. The van der Waals surface area contributed by atoms with Gasteiger partial charge in [0, 0.05) is 31.0 Å². The molecule has 1 aliphatic heterocycles. The van der Waals surface area contributed by atoms with Crippen molar-refractivity contribution < 1.29 is 19.4 Å². The molecule has 1 N–H and O–H groups in total. The molecule has 3 aromatic rings. The predicted octanol–water partition coefficient (Wildman–Crippen LogP) is 4.45. The maximum absolute atomic E-state index is 13.1. The number of aliphatic hydroxyl groups excluding tert-OH is 1. The van der Waals surface area contributed by atoms with Gasteiger partial charge in [-0.15, -0.1) is 0 Å². The molecule has 0 spiro atoms. The minimum absolute atomic E-state index is 0.0501. The number of imidazole rings is 1. The molecular formula is C25H24ClN3O4. The van der Waals surface area contributed by atoms with Crippen LogP contribution in [0.4, 0.5) is 0 Å². The SMILES string of the molecule is CCOc1ccc(C(O)=C2C(=O)C(=O)N(CCCn3ccnc3)C2c2ccccc2)cc1Cl. The number of aliphatic hydroxyl groups is 1. The smallest absolute Gasteiger partial charge is 0.295 e. The molecule has 1 unspecified atom stereocenters. The van der Waals surface area contributed by atoms with Gasteiger partial charge in [0.1, 0.15) is 11.5 Å². The summed E-state index contributed by atoms with van der Waals surface area (Å²) in [5, 5.41) is 11.5. The highest BCUT2D eigenvalue weighted by Gasteiger charge is 2.45. The molecule has 0 radical (unpaired) electrons. The molecule has 8 heteroatoms. The average molecular weight is 466 g/mol. The zero-order chi connectivity index (χ0) is 23.4. The lowest BCUT2D eigenvalue weighted by atomic mass is 9.95. The lowest BCUT2D eigenvalue weighted by molar-refractivity contribution is -0.139. The van der Waals surface area contributed by atoms with E-state index in [1.54, 1.807) is 24.7 Å². The quantitative estimate of drug-likeness (QED) is 0.302. The van der Waals surface area contributed by atoms with Crippen LogP contribution in [-0.4, -0.2) is 44.4 Å². The molecule has 2 heterocycles. The lowest BCUT2D eigenvalue weighted by Crippen LogP contribution is -2.31. The van der Waals surface area contributed by atoms with Crippen LogP contribution in [0.1, 0.15) is 30.5 Å². The Morgan fingerprint density at radius 2 is 1.94 bits per heavy atom. The summed E-state index contributed by atoms with van der Waals surface area (Å²) in [6.45, 7) is 3.30. The fourth-order valence-corrected chi connectivity index (χ4v) is 4.25. The van der Waals surface area contributed by atoms with Crippen molar-refractivity contribution in [2.75, 3.05) is 13.2 Å². The van der Waals surface area contributed by atoms with Crippen molar-refractivity contribution in [3.63, 3.8) is 0 Å². The standard InChI is InChI=1S/C25H24ClN3O4/c1-2-33-20-10-9-18(15-19(20)26)23(30)21-22(17-7-4-3-5-8-17)29(25(32)24(21)31)13-6-12-28-14-11-27-16-28/h3-5,7-11,14-16,22,30H,2,6,12-13H2,1H3. The number of benzene rings is 2. The van der Waals surface area contributed by atoms with Gasteiger partial charge in [-0.3, -0.25) is 9.59 Å². The molecule has 33 heavy (non-hydrogen) atoms. The van der Waals surface area contributed by atoms with Crippen LogP contribution in [-0.2, 0) is 16.1 Å². The van der Waals surface area contributed by atoms with E-state index in [1.807, 2.05) is 48.0 Å². The van der Waals surface area contributed by atoms with Crippen LogP contribution in [0.3, 0.4) is 0 Å². The molecule has 1 saturated heterocycles. The van der Waals surface area contributed by atoms with E-state index in [0.717, 1.165) is 5.56 Å². The first kappa shape index (κ1) is 22.6. The average Bonchev–Trinajstić information content (AvgIpc) is 3.43. The molecule has 0 bridgehead atoms. The Labute approximate surface area is 196 Å². The Kier molecular flexibility index (Phi) is 6.79. The molecule has 1 aromatic heterocycles.